The van der Waals surface area contributed by atoms with Crippen molar-refractivity contribution in [1.29, 1.82) is 0 Å². The smallest absolute Gasteiger partial charge is 0.121 e. The maximum Gasteiger partial charge on any atom is 0.121 e. The van der Waals surface area contributed by atoms with Crippen molar-refractivity contribution in [1.82, 2.24) is 4.90 Å². The molecule has 13 heavy (non-hydrogen) atoms. The minimum atomic E-state index is -0.490. The number of aldehydes is 1. The molecule has 0 aliphatic carbocycles. The number of rotatable bonds is 3. The molecule has 1 aliphatic heterocycles. The average Bonchev–Trinajstić information content (AvgIpc) is 2.23. The van der Waals surface area contributed by atoms with Gasteiger partial charge in [-0.1, -0.05) is 0 Å². The molecule has 0 aromatic rings. The van der Waals surface area contributed by atoms with E-state index in [9.17, 15) is 9.90 Å². The number of aliphatic hydroxyl groups is 1. The molecule has 0 aromatic carbocycles. The van der Waals surface area contributed by atoms with Gasteiger partial charge in [0.05, 0.1) is 5.60 Å². The number of nitrogens with zero attached hydrogens (tertiary/aromatic N) is 1. The van der Waals surface area contributed by atoms with Crippen LogP contribution in [-0.4, -0.2) is 41.5 Å². The minimum Gasteiger partial charge on any atom is -0.390 e. The van der Waals surface area contributed by atoms with E-state index in [0.717, 1.165) is 45.2 Å². The Morgan fingerprint density at radius 3 is 2.92 bits per heavy atom. The van der Waals surface area contributed by atoms with Gasteiger partial charge in [-0.05, 0) is 32.7 Å². The topological polar surface area (TPSA) is 40.5 Å². The quantitative estimate of drug-likeness (QED) is 0.661. The molecule has 1 atom stereocenters. The lowest BCUT2D eigenvalue weighted by atomic mass is 9.98. The second-order valence-corrected chi connectivity index (χ2v) is 4.15. The summed E-state index contributed by atoms with van der Waals surface area (Å²) in [6.45, 7) is 4.68. The number of hydrogen-bond donors (Lipinski definition) is 1. The number of carbonyl (C=O) groups is 1. The van der Waals surface area contributed by atoms with Crippen LogP contribution in [0.4, 0.5) is 0 Å². The first-order chi connectivity index (χ1) is 6.14. The minimum absolute atomic E-state index is 0.490. The molecule has 1 N–H and O–H groups in total. The Morgan fingerprint density at radius 2 is 2.23 bits per heavy atom. The molecule has 0 aromatic heterocycles. The summed E-state index contributed by atoms with van der Waals surface area (Å²) in [7, 11) is 0. The molecule has 0 radical (unpaired) electrons. The molecule has 3 nitrogen and oxygen atoms in total. The standard InChI is InChI=1S/C10H19NO2/c1-10(13)4-2-6-11(8-5-10)7-3-9-12/h9,13H,2-8H2,1H3. The number of carbonyl (C=O) groups excluding carboxylic acids is 1. The molecule has 0 saturated carbocycles. The molecule has 1 saturated heterocycles. The van der Waals surface area contributed by atoms with Gasteiger partial charge in [0, 0.05) is 19.5 Å². The van der Waals surface area contributed by atoms with Gasteiger partial charge >= 0.3 is 0 Å². The Labute approximate surface area is 79.7 Å². The van der Waals surface area contributed by atoms with Crippen molar-refractivity contribution in [2.75, 3.05) is 19.6 Å². The van der Waals surface area contributed by atoms with E-state index in [-0.39, 0.29) is 0 Å². The van der Waals surface area contributed by atoms with Gasteiger partial charge in [0.15, 0.2) is 0 Å². The molecule has 3 heteroatoms. The van der Waals surface area contributed by atoms with Crippen LogP contribution in [0.25, 0.3) is 0 Å². The molecule has 0 spiro atoms. The zero-order valence-corrected chi connectivity index (χ0v) is 8.33. The highest BCUT2D eigenvalue weighted by atomic mass is 16.3. The van der Waals surface area contributed by atoms with Crippen LogP contribution < -0.4 is 0 Å². The predicted molar refractivity (Wildman–Crippen MR) is 51.6 cm³/mol. The van der Waals surface area contributed by atoms with Crippen molar-refractivity contribution in [2.24, 2.45) is 0 Å². The molecule has 1 aliphatic rings. The summed E-state index contributed by atoms with van der Waals surface area (Å²) in [5.41, 5.74) is -0.490. The van der Waals surface area contributed by atoms with Crippen molar-refractivity contribution in [3.63, 3.8) is 0 Å². The van der Waals surface area contributed by atoms with Crippen molar-refractivity contribution < 1.29 is 9.90 Å². The summed E-state index contributed by atoms with van der Waals surface area (Å²) in [5, 5.41) is 9.80. The fourth-order valence-corrected chi connectivity index (χ4v) is 1.78. The summed E-state index contributed by atoms with van der Waals surface area (Å²) in [5.74, 6) is 0. The Balaban J connectivity index is 2.31. The summed E-state index contributed by atoms with van der Waals surface area (Å²) >= 11 is 0. The fourth-order valence-electron chi connectivity index (χ4n) is 1.78. The van der Waals surface area contributed by atoms with Crippen LogP contribution in [-0.2, 0) is 4.79 Å². The zero-order valence-electron chi connectivity index (χ0n) is 8.33. The van der Waals surface area contributed by atoms with Crippen LogP contribution in [0.3, 0.4) is 0 Å². The Morgan fingerprint density at radius 1 is 1.46 bits per heavy atom. The van der Waals surface area contributed by atoms with Crippen LogP contribution in [0.15, 0.2) is 0 Å². The number of likely N-dealkylation sites (tertiary alicyclic amines) is 1. The van der Waals surface area contributed by atoms with Gasteiger partial charge in [-0.25, -0.2) is 0 Å². The highest BCUT2D eigenvalue weighted by Crippen LogP contribution is 2.21. The van der Waals surface area contributed by atoms with E-state index in [1.54, 1.807) is 0 Å². The second-order valence-electron chi connectivity index (χ2n) is 4.15. The monoisotopic (exact) mass is 185 g/mol. The fraction of sp³-hybridized carbons (Fsp3) is 0.900. The third kappa shape index (κ3) is 3.87. The summed E-state index contributed by atoms with van der Waals surface area (Å²) in [6, 6.07) is 0. The zero-order chi connectivity index (χ0) is 9.73. The third-order valence-corrected chi connectivity index (χ3v) is 2.72. The van der Waals surface area contributed by atoms with Crippen molar-refractivity contribution in [3.8, 4) is 0 Å². The summed E-state index contributed by atoms with van der Waals surface area (Å²) in [4.78, 5) is 12.4. The van der Waals surface area contributed by atoms with Crippen LogP contribution >= 0.6 is 0 Å². The molecule has 1 unspecified atom stereocenters. The van der Waals surface area contributed by atoms with E-state index in [1.807, 2.05) is 6.92 Å². The Bertz CT molecular complexity index is 168. The Kier molecular flexibility index (Phi) is 3.88. The van der Waals surface area contributed by atoms with Gasteiger partial charge < -0.3 is 14.8 Å². The third-order valence-electron chi connectivity index (χ3n) is 2.72. The lowest BCUT2D eigenvalue weighted by Crippen LogP contribution is -2.29. The Hall–Kier alpha value is -0.410. The van der Waals surface area contributed by atoms with Crippen LogP contribution in [0, 0.1) is 0 Å². The van der Waals surface area contributed by atoms with Crippen LogP contribution in [0.5, 0.6) is 0 Å². The molecular formula is C10H19NO2. The summed E-state index contributed by atoms with van der Waals surface area (Å²) < 4.78 is 0. The predicted octanol–water partition coefficient (Wildman–Crippen LogP) is 0.812. The second kappa shape index (κ2) is 4.72. The molecule has 1 heterocycles. The lowest BCUT2D eigenvalue weighted by Gasteiger charge is -2.21. The van der Waals surface area contributed by atoms with E-state index in [2.05, 4.69) is 4.90 Å². The van der Waals surface area contributed by atoms with E-state index in [1.165, 1.54) is 0 Å². The van der Waals surface area contributed by atoms with Gasteiger partial charge in [0.1, 0.15) is 6.29 Å². The van der Waals surface area contributed by atoms with Gasteiger partial charge in [-0.3, -0.25) is 0 Å². The first-order valence-electron chi connectivity index (χ1n) is 5.02. The largest absolute Gasteiger partial charge is 0.390 e. The molecule has 0 bridgehead atoms. The first kappa shape index (κ1) is 10.7. The van der Waals surface area contributed by atoms with E-state index >= 15 is 0 Å². The van der Waals surface area contributed by atoms with E-state index in [4.69, 9.17) is 0 Å². The van der Waals surface area contributed by atoms with Gasteiger partial charge in [0.25, 0.3) is 0 Å². The SMILES string of the molecule is CC1(O)CCCN(CCC=O)CC1. The molecule has 76 valence electrons. The maximum absolute atomic E-state index is 10.2. The van der Waals surface area contributed by atoms with Crippen molar-refractivity contribution in [3.05, 3.63) is 0 Å². The highest BCUT2D eigenvalue weighted by Gasteiger charge is 2.24. The average molecular weight is 185 g/mol. The first-order valence-corrected chi connectivity index (χ1v) is 5.02. The van der Waals surface area contributed by atoms with Gasteiger partial charge in [-0.15, -0.1) is 0 Å². The van der Waals surface area contributed by atoms with Gasteiger partial charge in [0.2, 0.25) is 0 Å². The number of hydrogen-bond acceptors (Lipinski definition) is 3. The van der Waals surface area contributed by atoms with E-state index < -0.39 is 5.60 Å². The molecule has 1 rings (SSSR count). The molecular weight excluding hydrogens is 166 g/mol. The van der Waals surface area contributed by atoms with Crippen LogP contribution in [0.1, 0.15) is 32.6 Å². The van der Waals surface area contributed by atoms with Crippen molar-refractivity contribution in [2.45, 2.75) is 38.2 Å². The summed E-state index contributed by atoms with van der Waals surface area (Å²) in [6.07, 6.45) is 4.31. The highest BCUT2D eigenvalue weighted by molar-refractivity contribution is 5.49. The van der Waals surface area contributed by atoms with E-state index in [0.29, 0.717) is 6.42 Å². The maximum atomic E-state index is 10.2. The van der Waals surface area contributed by atoms with Crippen molar-refractivity contribution >= 4 is 6.29 Å². The molecule has 0 amide bonds. The van der Waals surface area contributed by atoms with Gasteiger partial charge in [-0.2, -0.15) is 0 Å². The molecule has 1 fully saturated rings. The normalized spacial score (nSPS) is 31.2. The lowest BCUT2D eigenvalue weighted by molar-refractivity contribution is -0.108. The van der Waals surface area contributed by atoms with Crippen LogP contribution in [0.2, 0.25) is 0 Å².